The molecule has 114 valence electrons. The molecule has 0 saturated heterocycles. The molecule has 0 aliphatic rings. The van der Waals surface area contributed by atoms with Crippen molar-refractivity contribution < 1.29 is 14.3 Å². The molecule has 1 heterocycles. The van der Waals surface area contributed by atoms with E-state index < -0.39 is 0 Å². The highest BCUT2D eigenvalue weighted by molar-refractivity contribution is 7.80. The van der Waals surface area contributed by atoms with Crippen molar-refractivity contribution in [3.63, 3.8) is 0 Å². The Balaban J connectivity index is 2.05. The number of amides is 1. The third-order valence-electron chi connectivity index (χ3n) is 2.81. The lowest BCUT2D eigenvalue weighted by Crippen LogP contribution is -2.34. The highest BCUT2D eigenvalue weighted by atomic mass is 32.1. The van der Waals surface area contributed by atoms with Crippen LogP contribution in [0.1, 0.15) is 10.4 Å². The minimum Gasteiger partial charge on any atom is -0.497 e. The Morgan fingerprint density at radius 3 is 2.68 bits per heavy atom. The lowest BCUT2D eigenvalue weighted by molar-refractivity contribution is 0.0977. The van der Waals surface area contributed by atoms with Crippen molar-refractivity contribution in [3.05, 3.63) is 48.3 Å². The maximum atomic E-state index is 12.0. The number of hydrogen-bond donors (Lipinski definition) is 2. The van der Waals surface area contributed by atoms with Crippen molar-refractivity contribution in [2.45, 2.75) is 0 Å². The summed E-state index contributed by atoms with van der Waals surface area (Å²) in [5, 5.41) is 5.66. The van der Waals surface area contributed by atoms with Gasteiger partial charge in [-0.05, 0) is 36.5 Å². The standard InChI is InChI=1S/C15H15N3O3S/c1-20-11-5-6-12(13(8-11)21-2)17-15(22)18-14(19)10-4-3-7-16-9-10/h3-9H,1-2H3,(H2,17,18,19,22). The first-order valence-corrected chi connectivity index (χ1v) is 6.79. The van der Waals surface area contributed by atoms with Gasteiger partial charge in [0.25, 0.3) is 5.91 Å². The number of rotatable bonds is 4. The Labute approximate surface area is 133 Å². The van der Waals surface area contributed by atoms with Gasteiger partial charge in [0.15, 0.2) is 5.11 Å². The Morgan fingerprint density at radius 2 is 2.05 bits per heavy atom. The molecule has 0 aliphatic carbocycles. The summed E-state index contributed by atoms with van der Waals surface area (Å²) < 4.78 is 10.4. The quantitative estimate of drug-likeness (QED) is 0.843. The van der Waals surface area contributed by atoms with Gasteiger partial charge in [0.05, 0.1) is 25.5 Å². The van der Waals surface area contributed by atoms with Crippen LogP contribution in [0.5, 0.6) is 11.5 Å². The Morgan fingerprint density at radius 1 is 1.23 bits per heavy atom. The number of hydrogen-bond acceptors (Lipinski definition) is 5. The summed E-state index contributed by atoms with van der Waals surface area (Å²) in [5.74, 6) is 0.878. The van der Waals surface area contributed by atoms with E-state index in [1.165, 1.54) is 13.3 Å². The van der Waals surface area contributed by atoms with Crippen LogP contribution in [0.3, 0.4) is 0 Å². The van der Waals surface area contributed by atoms with Crippen LogP contribution in [0.15, 0.2) is 42.7 Å². The van der Waals surface area contributed by atoms with Crippen LogP contribution >= 0.6 is 12.2 Å². The first-order valence-electron chi connectivity index (χ1n) is 6.38. The highest BCUT2D eigenvalue weighted by Crippen LogP contribution is 2.28. The topological polar surface area (TPSA) is 72.5 Å². The van der Waals surface area contributed by atoms with Crippen molar-refractivity contribution in [3.8, 4) is 11.5 Å². The molecule has 1 amide bonds. The molecule has 0 atom stereocenters. The molecule has 2 rings (SSSR count). The minimum absolute atomic E-state index is 0.164. The van der Waals surface area contributed by atoms with Crippen molar-refractivity contribution in [1.29, 1.82) is 0 Å². The first kappa shape index (κ1) is 15.7. The average Bonchev–Trinajstić information content (AvgIpc) is 2.55. The molecule has 0 radical (unpaired) electrons. The molecule has 7 heteroatoms. The second-order valence-electron chi connectivity index (χ2n) is 4.22. The van der Waals surface area contributed by atoms with Crippen LogP contribution < -0.4 is 20.1 Å². The van der Waals surface area contributed by atoms with Crippen LogP contribution in [0.25, 0.3) is 0 Å². The van der Waals surface area contributed by atoms with Gasteiger partial charge in [-0.3, -0.25) is 15.1 Å². The van der Waals surface area contributed by atoms with E-state index in [2.05, 4.69) is 15.6 Å². The first-order chi connectivity index (χ1) is 10.6. The number of ether oxygens (including phenoxy) is 2. The number of benzene rings is 1. The predicted octanol–water partition coefficient (Wildman–Crippen LogP) is 2.23. The zero-order valence-electron chi connectivity index (χ0n) is 12.1. The molecule has 0 fully saturated rings. The number of nitrogens with one attached hydrogen (secondary N) is 2. The van der Waals surface area contributed by atoms with E-state index in [0.717, 1.165) is 0 Å². The number of carbonyl (C=O) groups excluding carboxylic acids is 1. The third-order valence-corrected chi connectivity index (χ3v) is 3.01. The fraction of sp³-hybridized carbons (Fsp3) is 0.133. The van der Waals surface area contributed by atoms with E-state index in [0.29, 0.717) is 22.7 Å². The number of methoxy groups -OCH3 is 2. The molecule has 22 heavy (non-hydrogen) atoms. The van der Waals surface area contributed by atoms with E-state index in [-0.39, 0.29) is 11.0 Å². The molecule has 0 aliphatic heterocycles. The Kier molecular flexibility index (Phi) is 5.26. The van der Waals surface area contributed by atoms with Crippen molar-refractivity contribution in [1.82, 2.24) is 10.3 Å². The molecule has 0 saturated carbocycles. The number of aromatic nitrogens is 1. The van der Waals surface area contributed by atoms with Gasteiger partial charge in [0.1, 0.15) is 11.5 Å². The van der Waals surface area contributed by atoms with Gasteiger partial charge in [-0.2, -0.15) is 0 Å². The number of anilines is 1. The Bertz CT molecular complexity index is 677. The van der Waals surface area contributed by atoms with Crippen LogP contribution in [0, 0.1) is 0 Å². The van der Waals surface area contributed by atoms with Crippen LogP contribution in [-0.4, -0.2) is 30.2 Å². The van der Waals surface area contributed by atoms with E-state index in [9.17, 15) is 4.79 Å². The van der Waals surface area contributed by atoms with Gasteiger partial charge < -0.3 is 14.8 Å². The van der Waals surface area contributed by atoms with E-state index in [1.807, 2.05) is 0 Å². The lowest BCUT2D eigenvalue weighted by Gasteiger charge is -2.13. The second-order valence-corrected chi connectivity index (χ2v) is 4.62. The fourth-order valence-electron chi connectivity index (χ4n) is 1.73. The molecule has 6 nitrogen and oxygen atoms in total. The van der Waals surface area contributed by atoms with Crippen LogP contribution in [0.4, 0.5) is 5.69 Å². The second kappa shape index (κ2) is 7.37. The smallest absolute Gasteiger partial charge is 0.258 e. The highest BCUT2D eigenvalue weighted by Gasteiger charge is 2.10. The third kappa shape index (κ3) is 3.92. The fourth-order valence-corrected chi connectivity index (χ4v) is 1.93. The number of pyridine rings is 1. The van der Waals surface area contributed by atoms with Gasteiger partial charge in [0.2, 0.25) is 0 Å². The maximum absolute atomic E-state index is 12.0. The molecular weight excluding hydrogens is 302 g/mol. The number of nitrogens with zero attached hydrogens (tertiary/aromatic N) is 1. The van der Waals surface area contributed by atoms with E-state index in [4.69, 9.17) is 21.7 Å². The monoisotopic (exact) mass is 317 g/mol. The molecule has 1 aromatic carbocycles. The summed E-state index contributed by atoms with van der Waals surface area (Å²) in [5.41, 5.74) is 1.05. The average molecular weight is 317 g/mol. The van der Waals surface area contributed by atoms with E-state index in [1.54, 1.807) is 43.6 Å². The van der Waals surface area contributed by atoms with Gasteiger partial charge in [-0.25, -0.2) is 0 Å². The van der Waals surface area contributed by atoms with Gasteiger partial charge in [0, 0.05) is 18.5 Å². The number of carbonyl (C=O) groups is 1. The van der Waals surface area contributed by atoms with Crippen LogP contribution in [0.2, 0.25) is 0 Å². The molecule has 2 aromatic rings. The molecule has 0 unspecified atom stereocenters. The molecule has 0 bridgehead atoms. The summed E-state index contributed by atoms with van der Waals surface area (Å²) >= 11 is 5.13. The van der Waals surface area contributed by atoms with Crippen molar-refractivity contribution >= 4 is 28.9 Å². The SMILES string of the molecule is COc1ccc(NC(=S)NC(=O)c2cccnc2)c(OC)c1. The summed E-state index contributed by atoms with van der Waals surface area (Å²) in [7, 11) is 3.11. The molecular formula is C15H15N3O3S. The Hall–Kier alpha value is -2.67. The van der Waals surface area contributed by atoms with Crippen molar-refractivity contribution in [2.24, 2.45) is 0 Å². The molecule has 0 spiro atoms. The minimum atomic E-state index is -0.335. The van der Waals surface area contributed by atoms with Crippen LogP contribution in [-0.2, 0) is 0 Å². The summed E-state index contributed by atoms with van der Waals surface area (Å²) in [6.07, 6.45) is 3.06. The summed E-state index contributed by atoms with van der Waals surface area (Å²) in [4.78, 5) is 15.9. The largest absolute Gasteiger partial charge is 0.497 e. The van der Waals surface area contributed by atoms with Crippen molar-refractivity contribution in [2.75, 3.05) is 19.5 Å². The van der Waals surface area contributed by atoms with Gasteiger partial charge >= 0.3 is 0 Å². The molecule has 1 aromatic heterocycles. The summed E-state index contributed by atoms with van der Waals surface area (Å²) in [6.45, 7) is 0. The molecule has 2 N–H and O–H groups in total. The lowest BCUT2D eigenvalue weighted by atomic mass is 10.2. The zero-order chi connectivity index (χ0) is 15.9. The zero-order valence-corrected chi connectivity index (χ0v) is 12.9. The normalized spacial score (nSPS) is 9.73. The maximum Gasteiger partial charge on any atom is 0.258 e. The van der Waals surface area contributed by atoms with Gasteiger partial charge in [-0.1, -0.05) is 0 Å². The van der Waals surface area contributed by atoms with E-state index >= 15 is 0 Å². The summed E-state index contributed by atoms with van der Waals surface area (Å²) in [6, 6.07) is 8.56. The number of thiocarbonyl (C=S) groups is 1. The predicted molar refractivity (Wildman–Crippen MR) is 87.5 cm³/mol. The van der Waals surface area contributed by atoms with Gasteiger partial charge in [-0.15, -0.1) is 0 Å².